The molecule has 0 aliphatic carbocycles. The third-order valence-corrected chi connectivity index (χ3v) is 12.5. The molecular formula is C50H51BF3N. The molecule has 0 amide bonds. The Balaban J connectivity index is 1.51. The zero-order valence-electron chi connectivity index (χ0n) is 34.3. The van der Waals surface area contributed by atoms with Gasteiger partial charge in [-0.3, -0.25) is 0 Å². The van der Waals surface area contributed by atoms with Crippen LogP contribution < -0.4 is 16.4 Å². The van der Waals surface area contributed by atoms with Gasteiger partial charge in [0.25, 0.3) is 0 Å². The van der Waals surface area contributed by atoms with Crippen LogP contribution in [0.5, 0.6) is 0 Å². The average Bonchev–Trinajstić information content (AvgIpc) is 3.43. The van der Waals surface area contributed by atoms with Crippen molar-refractivity contribution >= 4 is 44.9 Å². The third kappa shape index (κ3) is 6.20. The van der Waals surface area contributed by atoms with Crippen molar-refractivity contribution in [1.29, 1.82) is 0 Å². The van der Waals surface area contributed by atoms with E-state index in [2.05, 4.69) is 116 Å². The van der Waals surface area contributed by atoms with Gasteiger partial charge in [-0.05, 0) is 147 Å². The second-order valence-corrected chi connectivity index (χ2v) is 16.6. The van der Waals surface area contributed by atoms with E-state index in [1.54, 1.807) is 12.1 Å². The Labute approximate surface area is 325 Å². The van der Waals surface area contributed by atoms with Crippen LogP contribution in [-0.2, 0) is 5.41 Å². The summed E-state index contributed by atoms with van der Waals surface area (Å²) < 4.78 is 45.3. The van der Waals surface area contributed by atoms with Crippen LogP contribution in [0.15, 0.2) is 91.0 Å². The highest BCUT2D eigenvalue weighted by Crippen LogP contribution is 2.44. The molecule has 0 atom stereocenters. The van der Waals surface area contributed by atoms with Gasteiger partial charge in [0, 0.05) is 16.5 Å². The van der Waals surface area contributed by atoms with E-state index in [1.807, 2.05) is 36.4 Å². The molecule has 0 saturated carbocycles. The summed E-state index contributed by atoms with van der Waals surface area (Å²) in [5, 5.41) is 1.75. The summed E-state index contributed by atoms with van der Waals surface area (Å²) in [6.07, 6.45) is -4.39. The molecule has 0 aliphatic heterocycles. The summed E-state index contributed by atoms with van der Waals surface area (Å²) in [6.45, 7) is 25.0. The predicted molar refractivity (Wildman–Crippen MR) is 230 cm³/mol. The molecule has 280 valence electrons. The molecule has 0 fully saturated rings. The number of hydrogen-bond donors (Lipinski definition) is 0. The number of alkyl halides is 3. The van der Waals surface area contributed by atoms with Gasteiger partial charge in [-0.1, -0.05) is 115 Å². The van der Waals surface area contributed by atoms with Crippen molar-refractivity contribution in [3.63, 3.8) is 0 Å². The van der Waals surface area contributed by atoms with Crippen LogP contribution in [0.3, 0.4) is 0 Å². The molecule has 0 bridgehead atoms. The highest BCUT2D eigenvalue weighted by Gasteiger charge is 2.48. The lowest BCUT2D eigenvalue weighted by atomic mass is 9.32. The van der Waals surface area contributed by atoms with Gasteiger partial charge in [0.15, 0.2) is 0 Å². The van der Waals surface area contributed by atoms with E-state index in [1.165, 1.54) is 91.4 Å². The minimum atomic E-state index is -4.39. The van der Waals surface area contributed by atoms with Crippen molar-refractivity contribution in [2.24, 2.45) is 0 Å². The molecular weight excluding hydrogens is 682 g/mol. The van der Waals surface area contributed by atoms with Crippen molar-refractivity contribution in [1.82, 2.24) is 4.57 Å². The summed E-state index contributed by atoms with van der Waals surface area (Å²) >= 11 is 0. The van der Waals surface area contributed by atoms with Crippen molar-refractivity contribution in [3.05, 3.63) is 152 Å². The first-order valence-electron chi connectivity index (χ1n) is 19.3. The summed E-state index contributed by atoms with van der Waals surface area (Å²) in [6, 6.07) is 31.1. The van der Waals surface area contributed by atoms with Crippen LogP contribution in [0.2, 0.25) is 0 Å². The number of benzene rings is 6. The lowest BCUT2D eigenvalue weighted by molar-refractivity contribution is -0.180. The van der Waals surface area contributed by atoms with Crippen LogP contribution >= 0.6 is 0 Å². The molecule has 5 heteroatoms. The second kappa shape index (κ2) is 13.6. The minimum Gasteiger partial charge on any atom is -0.309 e. The first-order valence-corrected chi connectivity index (χ1v) is 19.3. The molecule has 7 aromatic rings. The number of hydrogen-bond acceptors (Lipinski definition) is 0. The number of para-hydroxylation sites is 1. The Morgan fingerprint density at radius 3 is 1.42 bits per heavy atom. The Hall–Kier alpha value is -5.03. The summed E-state index contributed by atoms with van der Waals surface area (Å²) in [5.41, 5.74) is 20.1. The summed E-state index contributed by atoms with van der Waals surface area (Å²) in [7, 11) is 0. The van der Waals surface area contributed by atoms with Gasteiger partial charge >= 0.3 is 6.18 Å². The molecule has 0 N–H and O–H groups in total. The lowest BCUT2D eigenvalue weighted by Crippen LogP contribution is -2.57. The smallest absolute Gasteiger partial charge is 0.309 e. The first-order chi connectivity index (χ1) is 25.8. The Kier molecular flexibility index (Phi) is 9.47. The maximum Gasteiger partial charge on any atom is 0.397 e. The quantitative estimate of drug-likeness (QED) is 0.150. The van der Waals surface area contributed by atoms with Crippen LogP contribution in [-0.4, -0.2) is 17.5 Å². The molecule has 0 radical (unpaired) electrons. The molecule has 6 aromatic carbocycles. The van der Waals surface area contributed by atoms with Crippen LogP contribution in [0, 0.1) is 69.2 Å². The largest absolute Gasteiger partial charge is 0.397 e. The number of aromatic nitrogens is 1. The highest BCUT2D eigenvalue weighted by atomic mass is 19.4. The normalized spacial score (nSPS) is 12.3. The molecule has 55 heavy (non-hydrogen) atoms. The maximum absolute atomic E-state index is 14.4. The van der Waals surface area contributed by atoms with Crippen molar-refractivity contribution in [2.45, 2.75) is 94.7 Å². The molecule has 0 saturated heterocycles. The first kappa shape index (κ1) is 38.3. The van der Waals surface area contributed by atoms with E-state index in [9.17, 15) is 13.2 Å². The topological polar surface area (TPSA) is 4.93 Å². The molecule has 1 heterocycles. The summed E-state index contributed by atoms with van der Waals surface area (Å²) in [4.78, 5) is 0. The number of nitrogens with zero attached hydrogens (tertiary/aromatic N) is 1. The van der Waals surface area contributed by atoms with E-state index >= 15 is 0 Å². The molecule has 0 aliphatic rings. The van der Waals surface area contributed by atoms with Gasteiger partial charge in [-0.2, -0.15) is 13.2 Å². The fraction of sp³-hybridized carbons (Fsp3) is 0.280. The molecule has 0 spiro atoms. The average molecular weight is 734 g/mol. The van der Waals surface area contributed by atoms with Gasteiger partial charge in [-0.15, -0.1) is 0 Å². The monoisotopic (exact) mass is 733 g/mol. The van der Waals surface area contributed by atoms with E-state index in [0.717, 1.165) is 33.1 Å². The van der Waals surface area contributed by atoms with Gasteiger partial charge in [0.05, 0.1) is 16.4 Å². The van der Waals surface area contributed by atoms with Crippen molar-refractivity contribution < 1.29 is 13.2 Å². The van der Waals surface area contributed by atoms with Crippen LogP contribution in [0.25, 0.3) is 38.6 Å². The zero-order chi connectivity index (χ0) is 39.9. The van der Waals surface area contributed by atoms with Crippen molar-refractivity contribution in [2.75, 3.05) is 0 Å². The zero-order valence-corrected chi connectivity index (χ0v) is 34.3. The number of fused-ring (bicyclic) bond motifs is 3. The van der Waals surface area contributed by atoms with Gasteiger partial charge in [-0.25, -0.2) is 0 Å². The fourth-order valence-corrected chi connectivity index (χ4v) is 9.52. The molecule has 7 rings (SSSR count). The predicted octanol–water partition coefficient (Wildman–Crippen LogP) is 11.9. The van der Waals surface area contributed by atoms with Crippen LogP contribution in [0.1, 0.15) is 75.0 Å². The summed E-state index contributed by atoms with van der Waals surface area (Å²) in [5.74, 6) is 0. The van der Waals surface area contributed by atoms with Gasteiger partial charge in [0.1, 0.15) is 0 Å². The molecule has 1 aromatic heterocycles. The minimum absolute atomic E-state index is 0.0504. The van der Waals surface area contributed by atoms with Crippen LogP contribution in [0.4, 0.5) is 13.2 Å². The van der Waals surface area contributed by atoms with E-state index in [0.29, 0.717) is 0 Å². The van der Waals surface area contributed by atoms with E-state index in [-0.39, 0.29) is 12.3 Å². The second-order valence-electron chi connectivity index (χ2n) is 16.6. The maximum atomic E-state index is 14.4. The number of rotatable bonds is 6. The Morgan fingerprint density at radius 1 is 0.491 bits per heavy atom. The molecule has 0 unspecified atom stereocenters. The highest BCUT2D eigenvalue weighted by molar-refractivity contribution is 6.97. The number of aryl methyl sites for hydroxylation is 6. The number of halogens is 3. The van der Waals surface area contributed by atoms with Gasteiger partial charge < -0.3 is 4.57 Å². The fourth-order valence-electron chi connectivity index (χ4n) is 9.52. The Bertz CT molecular complexity index is 2530. The van der Waals surface area contributed by atoms with Crippen molar-refractivity contribution in [3.8, 4) is 16.8 Å². The SMILES string of the molecule is Cc1cc(C)c(B(c2c(C)cc(C)cc2C)c2c(C)c(C)c(-c3ccc4c(c3)c3cc(C(C)(C)C(F)(F)F)ccc3n4-c3ccccc3)c(C)c2C)c(C)c1. The lowest BCUT2D eigenvalue weighted by Gasteiger charge is -2.30. The van der Waals surface area contributed by atoms with Gasteiger partial charge in [0.2, 0.25) is 6.71 Å². The molecule has 1 nitrogen and oxygen atoms in total. The van der Waals surface area contributed by atoms with E-state index in [4.69, 9.17) is 0 Å². The van der Waals surface area contributed by atoms with E-state index < -0.39 is 11.6 Å². The third-order valence-electron chi connectivity index (χ3n) is 12.5. The standard InChI is InChI=1S/C50H51BF3N/c1-28-22-30(3)46(31(4)23-28)51(47-32(5)24-29(2)25-33(47)6)48-36(9)34(7)45(35(8)37(48)10)38-18-20-43-41(26-38)42-27-39(49(11,12)50(52,53)54)19-21-44(42)55(43)40-16-14-13-15-17-40/h13-27H,1-12H3. The Morgan fingerprint density at radius 2 is 0.945 bits per heavy atom.